The summed E-state index contributed by atoms with van der Waals surface area (Å²) in [7, 11) is 0. The Morgan fingerprint density at radius 3 is 2.57 bits per heavy atom. The summed E-state index contributed by atoms with van der Waals surface area (Å²) in [6.07, 6.45) is 3.06. The van der Waals surface area contributed by atoms with Gasteiger partial charge in [0.25, 0.3) is 5.91 Å². The van der Waals surface area contributed by atoms with Crippen LogP contribution in [0.4, 0.5) is 0 Å². The van der Waals surface area contributed by atoms with Crippen molar-refractivity contribution in [3.63, 3.8) is 0 Å². The van der Waals surface area contributed by atoms with E-state index in [1.54, 1.807) is 4.52 Å². The fourth-order valence-corrected chi connectivity index (χ4v) is 4.64. The van der Waals surface area contributed by atoms with E-state index < -0.39 is 0 Å². The summed E-state index contributed by atoms with van der Waals surface area (Å²) in [5, 5.41) is 4.40. The topological polar surface area (TPSA) is 59.7 Å². The first kappa shape index (κ1) is 13.5. The van der Waals surface area contributed by atoms with E-state index >= 15 is 0 Å². The van der Waals surface area contributed by atoms with Gasteiger partial charge in [0.05, 0.1) is 17.9 Å². The van der Waals surface area contributed by atoms with E-state index in [9.17, 15) is 4.79 Å². The first-order chi connectivity index (χ1) is 11.1. The van der Waals surface area contributed by atoms with E-state index in [0.29, 0.717) is 29.7 Å². The average Bonchev–Trinajstić information content (AvgIpc) is 3.26. The predicted octanol–water partition coefficient (Wildman–Crippen LogP) is 1.60. The fourth-order valence-electron chi connectivity index (χ4n) is 4.64. The molecule has 5 heterocycles. The Bertz CT molecular complexity index is 796. The number of fused-ring (bicyclic) bond motifs is 6. The summed E-state index contributed by atoms with van der Waals surface area (Å²) in [6.45, 7) is 5.53. The zero-order chi connectivity index (χ0) is 15.7. The molecule has 2 bridgehead atoms. The van der Waals surface area contributed by atoms with Crippen LogP contribution in [0, 0.1) is 25.7 Å². The molecule has 3 aliphatic rings. The van der Waals surface area contributed by atoms with Crippen molar-refractivity contribution in [2.24, 2.45) is 11.8 Å². The molecule has 1 amide bonds. The highest BCUT2D eigenvalue weighted by molar-refractivity contribution is 5.93. The van der Waals surface area contributed by atoms with Crippen molar-refractivity contribution in [2.75, 3.05) is 13.1 Å². The minimum atomic E-state index is 0.0447. The highest BCUT2D eigenvalue weighted by Crippen LogP contribution is 2.47. The first-order valence-electron chi connectivity index (χ1n) is 8.39. The van der Waals surface area contributed by atoms with Gasteiger partial charge >= 0.3 is 0 Å². The molecule has 4 atom stereocenters. The van der Waals surface area contributed by atoms with Crippen LogP contribution in [0.3, 0.4) is 0 Å². The number of rotatable bonds is 1. The number of ether oxygens (including phenoxy) is 1. The maximum atomic E-state index is 12.9. The minimum Gasteiger partial charge on any atom is -0.374 e. The molecule has 3 fully saturated rings. The van der Waals surface area contributed by atoms with Gasteiger partial charge in [-0.2, -0.15) is 5.10 Å². The molecule has 0 unspecified atom stereocenters. The van der Waals surface area contributed by atoms with Gasteiger partial charge in [0.15, 0.2) is 5.65 Å². The summed E-state index contributed by atoms with van der Waals surface area (Å²) in [5.74, 6) is 1.10. The van der Waals surface area contributed by atoms with Gasteiger partial charge in [-0.15, -0.1) is 0 Å². The highest BCUT2D eigenvalue weighted by atomic mass is 16.5. The molecule has 0 spiro atoms. The lowest BCUT2D eigenvalue weighted by molar-refractivity contribution is 0.0591. The molecule has 0 aliphatic carbocycles. The normalized spacial score (nSPS) is 32.0. The number of hydrogen-bond donors (Lipinski definition) is 0. The maximum absolute atomic E-state index is 12.9. The van der Waals surface area contributed by atoms with E-state index in [4.69, 9.17) is 4.74 Å². The lowest BCUT2D eigenvalue weighted by Gasteiger charge is -2.18. The van der Waals surface area contributed by atoms with Gasteiger partial charge in [-0.1, -0.05) is 0 Å². The van der Waals surface area contributed by atoms with Gasteiger partial charge < -0.3 is 9.64 Å². The Hall–Kier alpha value is -1.95. The lowest BCUT2D eigenvalue weighted by Crippen LogP contribution is -2.32. The Morgan fingerprint density at radius 1 is 1.17 bits per heavy atom. The average molecular weight is 312 g/mol. The van der Waals surface area contributed by atoms with Crippen LogP contribution in [0.25, 0.3) is 5.65 Å². The summed E-state index contributed by atoms with van der Waals surface area (Å²) < 4.78 is 7.78. The quantitative estimate of drug-likeness (QED) is 0.802. The fraction of sp³-hybridized carbons (Fsp3) is 0.588. The second-order valence-electron chi connectivity index (χ2n) is 7.17. The molecular weight excluding hydrogens is 292 g/mol. The van der Waals surface area contributed by atoms with Crippen molar-refractivity contribution in [1.29, 1.82) is 0 Å². The molecule has 6 nitrogen and oxygen atoms in total. The van der Waals surface area contributed by atoms with E-state index in [2.05, 4.69) is 10.1 Å². The highest BCUT2D eigenvalue weighted by Gasteiger charge is 2.53. The molecule has 0 aromatic carbocycles. The molecule has 3 saturated heterocycles. The Labute approximate surface area is 134 Å². The van der Waals surface area contributed by atoms with Crippen molar-refractivity contribution in [3.8, 4) is 0 Å². The smallest absolute Gasteiger partial charge is 0.272 e. The molecule has 6 heteroatoms. The van der Waals surface area contributed by atoms with E-state index in [1.807, 2.05) is 30.9 Å². The molecule has 2 aromatic rings. The number of carbonyl (C=O) groups excluding carboxylic acids is 1. The van der Waals surface area contributed by atoms with Gasteiger partial charge in [0.1, 0.15) is 5.69 Å². The van der Waals surface area contributed by atoms with E-state index in [0.717, 1.165) is 43.0 Å². The van der Waals surface area contributed by atoms with Crippen LogP contribution in [-0.2, 0) is 4.74 Å². The number of hydrogen-bond acceptors (Lipinski definition) is 4. The van der Waals surface area contributed by atoms with Crippen LogP contribution in [0.5, 0.6) is 0 Å². The van der Waals surface area contributed by atoms with Crippen molar-refractivity contribution in [1.82, 2.24) is 19.5 Å². The number of aryl methyl sites for hydroxylation is 2. The second-order valence-corrected chi connectivity index (χ2v) is 7.17. The SMILES string of the molecule is Cc1cc2nc(C(=O)N3C[C@@H]4[C@H](C3)[C@H]3CC[C@@H]4O3)cc(C)n2n1. The van der Waals surface area contributed by atoms with Crippen molar-refractivity contribution >= 4 is 11.6 Å². The van der Waals surface area contributed by atoms with Gasteiger partial charge in [-0.3, -0.25) is 4.79 Å². The third kappa shape index (κ3) is 1.87. The van der Waals surface area contributed by atoms with Gasteiger partial charge in [0, 0.05) is 36.7 Å². The molecule has 2 aromatic heterocycles. The van der Waals surface area contributed by atoms with Crippen LogP contribution in [0.15, 0.2) is 12.1 Å². The standard InChI is InChI=1S/C17H20N4O2/c1-9-5-16-18-13(6-10(2)21(16)19-9)17(22)20-7-11-12(8-20)15-4-3-14(11)23-15/h5-6,11-12,14-15H,3-4,7-8H2,1-2H3/t11-,12+,14+,15-. The van der Waals surface area contributed by atoms with Crippen molar-refractivity contribution in [3.05, 3.63) is 29.2 Å². The van der Waals surface area contributed by atoms with Gasteiger partial charge in [-0.25, -0.2) is 9.50 Å². The summed E-state index contributed by atoms with van der Waals surface area (Å²) in [6, 6.07) is 3.76. The lowest BCUT2D eigenvalue weighted by atomic mass is 9.82. The van der Waals surface area contributed by atoms with Crippen LogP contribution in [-0.4, -0.2) is 50.7 Å². The van der Waals surface area contributed by atoms with Gasteiger partial charge in [-0.05, 0) is 32.8 Å². The second kappa shape index (κ2) is 4.54. The summed E-state index contributed by atoms with van der Waals surface area (Å²) in [5.41, 5.74) is 3.13. The van der Waals surface area contributed by atoms with Crippen LogP contribution >= 0.6 is 0 Å². The Kier molecular flexibility index (Phi) is 2.66. The van der Waals surface area contributed by atoms with Crippen LogP contribution in [0.1, 0.15) is 34.7 Å². The van der Waals surface area contributed by atoms with Crippen molar-refractivity contribution < 1.29 is 9.53 Å². The predicted molar refractivity (Wildman–Crippen MR) is 83.2 cm³/mol. The third-order valence-corrected chi connectivity index (χ3v) is 5.69. The molecule has 3 aliphatic heterocycles. The minimum absolute atomic E-state index is 0.0447. The Balaban J connectivity index is 1.45. The number of aromatic nitrogens is 3. The number of carbonyl (C=O) groups is 1. The number of likely N-dealkylation sites (tertiary alicyclic amines) is 1. The molecular formula is C17H20N4O2. The van der Waals surface area contributed by atoms with Gasteiger partial charge in [0.2, 0.25) is 0 Å². The molecule has 0 N–H and O–H groups in total. The first-order valence-corrected chi connectivity index (χ1v) is 8.39. The molecule has 5 rings (SSSR count). The number of amides is 1. The zero-order valence-electron chi connectivity index (χ0n) is 13.4. The molecule has 23 heavy (non-hydrogen) atoms. The summed E-state index contributed by atoms with van der Waals surface area (Å²) >= 11 is 0. The van der Waals surface area contributed by atoms with E-state index in [1.165, 1.54) is 0 Å². The largest absolute Gasteiger partial charge is 0.374 e. The zero-order valence-corrected chi connectivity index (χ0v) is 13.4. The third-order valence-electron chi connectivity index (χ3n) is 5.69. The maximum Gasteiger partial charge on any atom is 0.272 e. The van der Waals surface area contributed by atoms with Crippen LogP contribution in [0.2, 0.25) is 0 Å². The van der Waals surface area contributed by atoms with E-state index in [-0.39, 0.29) is 5.91 Å². The summed E-state index contributed by atoms with van der Waals surface area (Å²) in [4.78, 5) is 19.4. The monoisotopic (exact) mass is 312 g/mol. The Morgan fingerprint density at radius 2 is 1.87 bits per heavy atom. The molecule has 0 saturated carbocycles. The molecule has 0 radical (unpaired) electrons. The van der Waals surface area contributed by atoms with Crippen LogP contribution < -0.4 is 0 Å². The number of nitrogens with zero attached hydrogens (tertiary/aromatic N) is 4. The molecule has 120 valence electrons. The van der Waals surface area contributed by atoms with Crippen molar-refractivity contribution in [2.45, 2.75) is 38.9 Å².